The van der Waals surface area contributed by atoms with Gasteiger partial charge in [0.2, 0.25) is 0 Å². The van der Waals surface area contributed by atoms with Crippen molar-refractivity contribution in [1.29, 1.82) is 0 Å². The van der Waals surface area contributed by atoms with Crippen LogP contribution in [0.3, 0.4) is 0 Å². The summed E-state index contributed by atoms with van der Waals surface area (Å²) in [5.74, 6) is 6.91. The fourth-order valence-electron chi connectivity index (χ4n) is 1.85. The summed E-state index contributed by atoms with van der Waals surface area (Å²) in [4.78, 5) is 9.10. The first-order chi connectivity index (χ1) is 9.40. The molecule has 0 amide bonds. The number of aromatic nitrogens is 2. The summed E-state index contributed by atoms with van der Waals surface area (Å²) in [7, 11) is 0. The first-order valence-corrected chi connectivity index (χ1v) is 7.28. The van der Waals surface area contributed by atoms with Gasteiger partial charge in [-0.15, -0.1) is 0 Å². The maximum absolute atomic E-state index is 5.50. The molecule has 5 heteroatoms. The van der Waals surface area contributed by atoms with Crippen molar-refractivity contribution in [1.82, 2.24) is 9.97 Å². The Morgan fingerprint density at radius 1 is 1.20 bits per heavy atom. The Morgan fingerprint density at radius 3 is 2.50 bits per heavy atom. The molecule has 2 rings (SSSR count). The highest BCUT2D eigenvalue weighted by atomic mass is 79.9. The number of benzene rings is 1. The van der Waals surface area contributed by atoms with Crippen molar-refractivity contribution in [2.45, 2.75) is 32.6 Å². The molecule has 1 aromatic heterocycles. The normalized spacial score (nSPS) is 11.4. The number of hydrazine groups is 1. The van der Waals surface area contributed by atoms with E-state index in [1.54, 1.807) is 0 Å². The maximum atomic E-state index is 5.50. The summed E-state index contributed by atoms with van der Waals surface area (Å²) in [5.41, 5.74) is 4.70. The Kier molecular flexibility index (Phi) is 4.40. The third kappa shape index (κ3) is 3.55. The molecule has 4 nitrogen and oxygen atoms in total. The Bertz CT molecular complexity index is 605. The van der Waals surface area contributed by atoms with Crippen molar-refractivity contribution in [3.05, 3.63) is 51.9 Å². The lowest BCUT2D eigenvalue weighted by Crippen LogP contribution is -2.18. The van der Waals surface area contributed by atoms with Crippen molar-refractivity contribution in [3.63, 3.8) is 0 Å². The van der Waals surface area contributed by atoms with Gasteiger partial charge in [-0.2, -0.15) is 0 Å². The highest BCUT2D eigenvalue weighted by molar-refractivity contribution is 9.10. The van der Waals surface area contributed by atoms with Gasteiger partial charge in [0, 0.05) is 22.4 Å². The molecule has 3 N–H and O–H groups in total. The van der Waals surface area contributed by atoms with Gasteiger partial charge in [0.05, 0.1) is 5.69 Å². The van der Waals surface area contributed by atoms with Crippen molar-refractivity contribution < 1.29 is 0 Å². The Morgan fingerprint density at radius 2 is 1.90 bits per heavy atom. The van der Waals surface area contributed by atoms with E-state index in [9.17, 15) is 0 Å². The van der Waals surface area contributed by atoms with Crippen LogP contribution in [0.25, 0.3) is 0 Å². The summed E-state index contributed by atoms with van der Waals surface area (Å²) in [5, 5.41) is 0. The molecule has 0 unspecified atom stereocenters. The number of rotatable bonds is 3. The highest BCUT2D eigenvalue weighted by Gasteiger charge is 2.18. The van der Waals surface area contributed by atoms with Gasteiger partial charge < -0.3 is 5.43 Å². The molecular weight excluding hydrogens is 316 g/mol. The predicted octanol–water partition coefficient (Wildman–Crippen LogP) is 3.41. The number of nitrogen functional groups attached to an aromatic ring is 1. The van der Waals surface area contributed by atoms with Crippen LogP contribution in [0.5, 0.6) is 0 Å². The zero-order chi connectivity index (χ0) is 14.8. The van der Waals surface area contributed by atoms with Crippen LogP contribution in [0.4, 0.5) is 5.82 Å². The molecule has 0 spiro atoms. The van der Waals surface area contributed by atoms with Crippen LogP contribution < -0.4 is 11.3 Å². The van der Waals surface area contributed by atoms with Crippen molar-refractivity contribution in [3.8, 4) is 0 Å². The van der Waals surface area contributed by atoms with E-state index in [2.05, 4.69) is 58.2 Å². The van der Waals surface area contributed by atoms with Crippen LogP contribution in [0.1, 0.15) is 37.9 Å². The molecule has 0 aliphatic carbocycles. The molecule has 20 heavy (non-hydrogen) atoms. The zero-order valence-electron chi connectivity index (χ0n) is 11.9. The summed E-state index contributed by atoms with van der Waals surface area (Å²) in [6, 6.07) is 9.98. The standard InChI is InChI=1S/C15H19BrN4/c1-15(2,3)12-9-14(20-17)19-13(18-12)8-10-6-4-5-7-11(10)16/h4-7,9H,8,17H2,1-3H3,(H,18,19,20). The summed E-state index contributed by atoms with van der Waals surface area (Å²) < 4.78 is 1.06. The van der Waals surface area contributed by atoms with Crippen LogP contribution >= 0.6 is 15.9 Å². The average Bonchev–Trinajstić information content (AvgIpc) is 2.40. The number of anilines is 1. The van der Waals surface area contributed by atoms with Gasteiger partial charge in [-0.25, -0.2) is 15.8 Å². The van der Waals surface area contributed by atoms with Crippen LogP contribution in [0, 0.1) is 0 Å². The molecule has 0 bridgehead atoms. The molecule has 106 valence electrons. The molecule has 2 aromatic rings. The van der Waals surface area contributed by atoms with Gasteiger partial charge in [-0.1, -0.05) is 54.9 Å². The molecule has 0 saturated heterocycles. The monoisotopic (exact) mass is 334 g/mol. The lowest BCUT2D eigenvalue weighted by Gasteiger charge is -2.19. The largest absolute Gasteiger partial charge is 0.308 e. The fourth-order valence-corrected chi connectivity index (χ4v) is 2.27. The SMILES string of the molecule is CC(C)(C)c1cc(NN)nc(Cc2ccccc2Br)n1. The number of halogens is 1. The summed E-state index contributed by atoms with van der Waals surface area (Å²) >= 11 is 3.55. The second kappa shape index (κ2) is 5.89. The minimum atomic E-state index is -0.0444. The molecule has 0 atom stereocenters. The quantitative estimate of drug-likeness (QED) is 0.666. The van der Waals surface area contributed by atoms with Crippen LogP contribution in [0.15, 0.2) is 34.8 Å². The van der Waals surface area contributed by atoms with E-state index >= 15 is 0 Å². The molecule has 1 aromatic carbocycles. The maximum Gasteiger partial charge on any atom is 0.143 e. The van der Waals surface area contributed by atoms with Gasteiger partial charge in [0.15, 0.2) is 0 Å². The molecule has 0 fully saturated rings. The minimum absolute atomic E-state index is 0.0444. The van der Waals surface area contributed by atoms with E-state index in [1.165, 1.54) is 0 Å². The van der Waals surface area contributed by atoms with E-state index in [0.717, 1.165) is 21.6 Å². The molecule has 0 saturated carbocycles. The number of nitrogens with zero attached hydrogens (tertiary/aromatic N) is 2. The topological polar surface area (TPSA) is 63.8 Å². The summed E-state index contributed by atoms with van der Waals surface area (Å²) in [6.07, 6.45) is 0.667. The van der Waals surface area contributed by atoms with E-state index in [1.807, 2.05) is 24.3 Å². The molecular formula is C15H19BrN4. The van der Waals surface area contributed by atoms with Crippen LogP contribution in [-0.2, 0) is 11.8 Å². The Hall–Kier alpha value is -1.46. The molecule has 0 aliphatic heterocycles. The number of nitrogens with one attached hydrogen (secondary N) is 1. The van der Waals surface area contributed by atoms with E-state index < -0.39 is 0 Å². The Labute approximate surface area is 127 Å². The molecule has 1 heterocycles. The van der Waals surface area contributed by atoms with Gasteiger partial charge in [-0.3, -0.25) is 0 Å². The third-order valence-corrected chi connectivity index (χ3v) is 3.77. The van der Waals surface area contributed by atoms with E-state index in [4.69, 9.17) is 5.84 Å². The number of nitrogens with two attached hydrogens (primary N) is 1. The second-order valence-corrected chi connectivity index (χ2v) is 6.57. The van der Waals surface area contributed by atoms with Gasteiger partial charge >= 0.3 is 0 Å². The number of hydrogen-bond acceptors (Lipinski definition) is 4. The van der Waals surface area contributed by atoms with Gasteiger partial charge in [-0.05, 0) is 11.6 Å². The smallest absolute Gasteiger partial charge is 0.143 e. The van der Waals surface area contributed by atoms with Crippen molar-refractivity contribution >= 4 is 21.7 Å². The fraction of sp³-hybridized carbons (Fsp3) is 0.333. The average molecular weight is 335 g/mol. The van der Waals surface area contributed by atoms with Gasteiger partial charge in [0.25, 0.3) is 0 Å². The van der Waals surface area contributed by atoms with E-state index in [-0.39, 0.29) is 5.41 Å². The third-order valence-electron chi connectivity index (χ3n) is 3.00. The Balaban J connectivity index is 2.39. The van der Waals surface area contributed by atoms with Crippen molar-refractivity contribution in [2.24, 2.45) is 5.84 Å². The first-order valence-electron chi connectivity index (χ1n) is 6.48. The van der Waals surface area contributed by atoms with Gasteiger partial charge in [0.1, 0.15) is 11.6 Å². The first kappa shape index (κ1) is 14.9. The summed E-state index contributed by atoms with van der Waals surface area (Å²) in [6.45, 7) is 6.37. The predicted molar refractivity (Wildman–Crippen MR) is 85.5 cm³/mol. The highest BCUT2D eigenvalue weighted by Crippen LogP contribution is 2.24. The van der Waals surface area contributed by atoms with E-state index in [0.29, 0.717) is 12.2 Å². The molecule has 0 aliphatic rings. The van der Waals surface area contributed by atoms with Crippen molar-refractivity contribution in [2.75, 3.05) is 5.43 Å². The number of hydrogen-bond donors (Lipinski definition) is 2. The lowest BCUT2D eigenvalue weighted by molar-refractivity contribution is 0.563. The second-order valence-electron chi connectivity index (χ2n) is 5.72. The lowest BCUT2D eigenvalue weighted by atomic mass is 9.92. The minimum Gasteiger partial charge on any atom is -0.308 e. The molecule has 0 radical (unpaired) electrons. The van der Waals surface area contributed by atoms with Crippen LogP contribution in [0.2, 0.25) is 0 Å². The zero-order valence-corrected chi connectivity index (χ0v) is 13.5. The van der Waals surface area contributed by atoms with Crippen LogP contribution in [-0.4, -0.2) is 9.97 Å².